The summed E-state index contributed by atoms with van der Waals surface area (Å²) in [6.45, 7) is 0. The highest BCUT2D eigenvalue weighted by molar-refractivity contribution is 8.00. The van der Waals surface area contributed by atoms with E-state index in [4.69, 9.17) is 23.2 Å². The molecule has 1 N–H and O–H groups in total. The number of nitrogens with one attached hydrogen (secondary N) is 1. The van der Waals surface area contributed by atoms with E-state index in [1.54, 1.807) is 54.1 Å². The number of anilines is 1. The zero-order valence-corrected chi connectivity index (χ0v) is 15.6. The van der Waals surface area contributed by atoms with Gasteiger partial charge in [0.05, 0.1) is 11.3 Å². The number of carbonyl (C=O) groups is 1. The number of thioether (sulfide) groups is 1. The maximum absolute atomic E-state index is 12.2. The van der Waals surface area contributed by atoms with Gasteiger partial charge in [0.2, 0.25) is 5.91 Å². The second-order valence-corrected chi connectivity index (χ2v) is 7.30. The van der Waals surface area contributed by atoms with Crippen LogP contribution in [0.1, 0.15) is 0 Å². The van der Waals surface area contributed by atoms with Crippen LogP contribution in [0.3, 0.4) is 0 Å². The van der Waals surface area contributed by atoms with Gasteiger partial charge in [-0.3, -0.25) is 9.59 Å². The first-order valence-corrected chi connectivity index (χ1v) is 9.16. The lowest BCUT2D eigenvalue weighted by Gasteiger charge is -2.10. The third kappa shape index (κ3) is 4.18. The summed E-state index contributed by atoms with van der Waals surface area (Å²) < 4.78 is 1.56. The summed E-state index contributed by atoms with van der Waals surface area (Å²) in [5, 5.41) is 4.76. The average Bonchev–Trinajstić information content (AvgIpc) is 2.57. The molecule has 4 nitrogen and oxygen atoms in total. The molecule has 1 amide bonds. The molecular formula is C18H14Cl2N2O2S. The van der Waals surface area contributed by atoms with Crippen LogP contribution < -0.4 is 10.9 Å². The lowest BCUT2D eigenvalue weighted by Crippen LogP contribution is -2.17. The lowest BCUT2D eigenvalue weighted by atomic mass is 10.2. The van der Waals surface area contributed by atoms with Crippen LogP contribution in [-0.2, 0) is 11.8 Å². The molecule has 0 aliphatic heterocycles. The maximum atomic E-state index is 12.2. The summed E-state index contributed by atoms with van der Waals surface area (Å²) in [5.74, 6) is -0.00971. The van der Waals surface area contributed by atoms with Crippen molar-refractivity contribution in [2.24, 2.45) is 7.05 Å². The molecule has 1 aromatic heterocycles. The van der Waals surface area contributed by atoms with Crippen molar-refractivity contribution in [1.29, 1.82) is 0 Å². The standard InChI is InChI=1S/C18H14Cl2N2O2S/c1-22-15-6-5-12(20)8-14(15)16(9-18(22)24)25-10-17(23)21-13-4-2-3-11(19)7-13/h2-9H,10H2,1H3,(H,21,23). The molecule has 128 valence electrons. The summed E-state index contributed by atoms with van der Waals surface area (Å²) in [6, 6.07) is 13.8. The highest BCUT2D eigenvalue weighted by atomic mass is 35.5. The molecule has 0 spiro atoms. The molecule has 0 aliphatic carbocycles. The number of hydrogen-bond acceptors (Lipinski definition) is 3. The first-order chi connectivity index (χ1) is 11.9. The van der Waals surface area contributed by atoms with Gasteiger partial charge >= 0.3 is 0 Å². The molecule has 0 atom stereocenters. The van der Waals surface area contributed by atoms with E-state index in [2.05, 4.69) is 5.32 Å². The number of rotatable bonds is 4. The van der Waals surface area contributed by atoms with Gasteiger partial charge in [0.15, 0.2) is 0 Å². The van der Waals surface area contributed by atoms with Crippen molar-refractivity contribution in [1.82, 2.24) is 4.57 Å². The van der Waals surface area contributed by atoms with Gasteiger partial charge in [-0.2, -0.15) is 0 Å². The predicted molar refractivity (Wildman–Crippen MR) is 105 cm³/mol. The quantitative estimate of drug-likeness (QED) is 0.661. The number of nitrogens with zero attached hydrogens (tertiary/aromatic N) is 1. The molecule has 0 radical (unpaired) electrons. The number of pyridine rings is 1. The minimum Gasteiger partial charge on any atom is -0.325 e. The largest absolute Gasteiger partial charge is 0.325 e. The molecular weight excluding hydrogens is 379 g/mol. The minimum absolute atomic E-state index is 0.132. The fourth-order valence-corrected chi connectivity index (χ4v) is 3.65. The zero-order valence-electron chi connectivity index (χ0n) is 13.3. The van der Waals surface area contributed by atoms with Crippen LogP contribution in [-0.4, -0.2) is 16.2 Å². The minimum atomic E-state index is -0.178. The first-order valence-electron chi connectivity index (χ1n) is 7.41. The van der Waals surface area contributed by atoms with E-state index < -0.39 is 0 Å². The molecule has 0 saturated heterocycles. The topological polar surface area (TPSA) is 51.1 Å². The number of amides is 1. The zero-order chi connectivity index (χ0) is 18.0. The third-order valence-electron chi connectivity index (χ3n) is 3.64. The fourth-order valence-electron chi connectivity index (χ4n) is 2.43. The average molecular weight is 393 g/mol. The van der Waals surface area contributed by atoms with Crippen LogP contribution >= 0.6 is 35.0 Å². The molecule has 3 rings (SSSR count). The Hall–Kier alpha value is -1.95. The first kappa shape index (κ1) is 17.9. The molecule has 0 saturated carbocycles. The Labute approximate surface area is 158 Å². The Morgan fingerprint density at radius 1 is 1.12 bits per heavy atom. The summed E-state index contributed by atoms with van der Waals surface area (Å²) in [5.41, 5.74) is 1.28. The van der Waals surface area contributed by atoms with Crippen LogP contribution in [0.5, 0.6) is 0 Å². The van der Waals surface area contributed by atoms with Crippen LogP contribution in [0.2, 0.25) is 10.0 Å². The Bertz CT molecular complexity index is 1020. The summed E-state index contributed by atoms with van der Waals surface area (Å²) in [6.07, 6.45) is 0. The van der Waals surface area contributed by atoms with E-state index in [9.17, 15) is 9.59 Å². The van der Waals surface area contributed by atoms with Crippen molar-refractivity contribution in [3.63, 3.8) is 0 Å². The van der Waals surface area contributed by atoms with Crippen molar-refractivity contribution in [3.8, 4) is 0 Å². The van der Waals surface area contributed by atoms with Gasteiger partial charge in [0.1, 0.15) is 0 Å². The SMILES string of the molecule is Cn1c(=O)cc(SCC(=O)Nc2cccc(Cl)c2)c2cc(Cl)ccc21. The van der Waals surface area contributed by atoms with Crippen LogP contribution in [0.4, 0.5) is 5.69 Å². The molecule has 0 aliphatic rings. The normalized spacial score (nSPS) is 10.8. The molecule has 2 aromatic carbocycles. The van der Waals surface area contributed by atoms with Gasteiger partial charge in [-0.05, 0) is 36.4 Å². The van der Waals surface area contributed by atoms with Crippen molar-refractivity contribution in [2.75, 3.05) is 11.1 Å². The molecule has 0 bridgehead atoms. The highest BCUT2D eigenvalue weighted by Crippen LogP contribution is 2.28. The van der Waals surface area contributed by atoms with Crippen molar-refractivity contribution < 1.29 is 4.79 Å². The number of aromatic nitrogens is 1. The molecule has 0 unspecified atom stereocenters. The Balaban J connectivity index is 1.81. The van der Waals surface area contributed by atoms with E-state index in [0.717, 1.165) is 15.8 Å². The summed E-state index contributed by atoms with van der Waals surface area (Å²) >= 11 is 13.3. The smallest absolute Gasteiger partial charge is 0.251 e. The van der Waals surface area contributed by atoms with E-state index in [0.29, 0.717) is 15.7 Å². The Kier molecular flexibility index (Phi) is 5.37. The second kappa shape index (κ2) is 7.52. The Morgan fingerprint density at radius 2 is 1.88 bits per heavy atom. The maximum Gasteiger partial charge on any atom is 0.251 e. The highest BCUT2D eigenvalue weighted by Gasteiger charge is 2.10. The number of benzene rings is 2. The lowest BCUT2D eigenvalue weighted by molar-refractivity contribution is -0.113. The number of halogens is 2. The van der Waals surface area contributed by atoms with E-state index in [1.807, 2.05) is 0 Å². The predicted octanol–water partition coefficient (Wildman–Crippen LogP) is 4.58. The van der Waals surface area contributed by atoms with E-state index in [1.165, 1.54) is 17.8 Å². The number of fused-ring (bicyclic) bond motifs is 1. The van der Waals surface area contributed by atoms with Gasteiger partial charge in [-0.15, -0.1) is 11.8 Å². The Morgan fingerprint density at radius 3 is 2.64 bits per heavy atom. The third-order valence-corrected chi connectivity index (χ3v) is 5.16. The number of hydrogen-bond donors (Lipinski definition) is 1. The van der Waals surface area contributed by atoms with E-state index in [-0.39, 0.29) is 17.2 Å². The molecule has 0 fully saturated rings. The van der Waals surface area contributed by atoms with Crippen LogP contribution in [0, 0.1) is 0 Å². The van der Waals surface area contributed by atoms with E-state index >= 15 is 0 Å². The van der Waals surface area contributed by atoms with Crippen molar-refractivity contribution >= 4 is 57.5 Å². The summed E-state index contributed by atoms with van der Waals surface area (Å²) in [7, 11) is 1.71. The molecule has 25 heavy (non-hydrogen) atoms. The van der Waals surface area contributed by atoms with Gasteiger partial charge in [0, 0.05) is 39.1 Å². The van der Waals surface area contributed by atoms with Crippen LogP contribution in [0.25, 0.3) is 10.9 Å². The fraction of sp³-hybridized carbons (Fsp3) is 0.111. The summed E-state index contributed by atoms with van der Waals surface area (Å²) in [4.78, 5) is 25.0. The van der Waals surface area contributed by atoms with Gasteiger partial charge < -0.3 is 9.88 Å². The van der Waals surface area contributed by atoms with Gasteiger partial charge in [-0.1, -0.05) is 29.3 Å². The van der Waals surface area contributed by atoms with Crippen LogP contribution in [0.15, 0.2) is 58.2 Å². The number of carbonyl (C=O) groups excluding carboxylic acids is 1. The number of aryl methyl sites for hydroxylation is 1. The molecule has 3 aromatic rings. The second-order valence-electron chi connectivity index (χ2n) is 5.41. The monoisotopic (exact) mass is 392 g/mol. The van der Waals surface area contributed by atoms with Gasteiger partial charge in [0.25, 0.3) is 5.56 Å². The van der Waals surface area contributed by atoms with Crippen molar-refractivity contribution in [3.05, 3.63) is 68.9 Å². The molecule has 7 heteroatoms. The van der Waals surface area contributed by atoms with Gasteiger partial charge in [-0.25, -0.2) is 0 Å². The molecule has 1 heterocycles. The van der Waals surface area contributed by atoms with Crippen molar-refractivity contribution in [2.45, 2.75) is 4.90 Å².